The second-order valence-corrected chi connectivity index (χ2v) is 5.94. The summed E-state index contributed by atoms with van der Waals surface area (Å²) in [5.41, 5.74) is 1.40. The van der Waals surface area contributed by atoms with Gasteiger partial charge in [-0.2, -0.15) is 0 Å². The largest absolute Gasteiger partial charge is 0.444 e. The van der Waals surface area contributed by atoms with Gasteiger partial charge in [0.15, 0.2) is 0 Å². The van der Waals surface area contributed by atoms with E-state index in [1.54, 1.807) is 25.3 Å². The van der Waals surface area contributed by atoms with Crippen molar-refractivity contribution < 1.29 is 14.3 Å². The highest BCUT2D eigenvalue weighted by atomic mass is 35.5. The van der Waals surface area contributed by atoms with Crippen LogP contribution in [-0.4, -0.2) is 35.8 Å². The van der Waals surface area contributed by atoms with Gasteiger partial charge < -0.3 is 9.47 Å². The third-order valence-electron chi connectivity index (χ3n) is 2.38. The van der Waals surface area contributed by atoms with Crippen LogP contribution in [0.5, 0.6) is 0 Å². The standard InChI is InChI=1S/C12H15ClN2O2.C2H6O/c1-12(2,3)17-11(16)15-6-8-4-9(13)5-14-10(8)7-15;1-3-2/h4-5H,6-7H2,1-3H3;1-2H3. The van der Waals surface area contributed by atoms with E-state index in [1.165, 1.54) is 0 Å². The predicted octanol–water partition coefficient (Wildman–Crippen LogP) is 3.25. The Bertz CT molecular complexity index is 472. The van der Waals surface area contributed by atoms with Crippen molar-refractivity contribution in [3.8, 4) is 0 Å². The van der Waals surface area contributed by atoms with Gasteiger partial charge in [-0.1, -0.05) is 11.6 Å². The maximum atomic E-state index is 11.9. The molecule has 1 aromatic heterocycles. The lowest BCUT2D eigenvalue weighted by atomic mass is 10.2. The quantitative estimate of drug-likeness (QED) is 0.738. The average molecular weight is 301 g/mol. The molecule has 0 spiro atoms. The molecule has 6 heteroatoms. The van der Waals surface area contributed by atoms with Crippen LogP contribution < -0.4 is 0 Å². The van der Waals surface area contributed by atoms with Crippen molar-refractivity contribution in [3.63, 3.8) is 0 Å². The number of aromatic nitrogens is 1. The van der Waals surface area contributed by atoms with Crippen molar-refractivity contribution in [1.29, 1.82) is 0 Å². The van der Waals surface area contributed by atoms with E-state index in [4.69, 9.17) is 16.3 Å². The van der Waals surface area contributed by atoms with Gasteiger partial charge in [-0.25, -0.2) is 4.79 Å². The minimum atomic E-state index is -0.475. The number of carbonyl (C=O) groups is 1. The van der Waals surface area contributed by atoms with E-state index in [9.17, 15) is 4.79 Å². The van der Waals surface area contributed by atoms with Crippen molar-refractivity contribution >= 4 is 17.7 Å². The van der Waals surface area contributed by atoms with Gasteiger partial charge in [0, 0.05) is 20.4 Å². The zero-order valence-electron chi connectivity index (χ0n) is 12.6. The molecule has 0 unspecified atom stereocenters. The monoisotopic (exact) mass is 300 g/mol. The number of pyridine rings is 1. The van der Waals surface area contributed by atoms with Gasteiger partial charge in [-0.15, -0.1) is 0 Å². The fourth-order valence-electron chi connectivity index (χ4n) is 1.69. The van der Waals surface area contributed by atoms with Gasteiger partial charge >= 0.3 is 6.09 Å². The number of amides is 1. The SMILES string of the molecule is CC(C)(C)OC(=O)N1Cc2cc(Cl)cnc2C1.COC. The van der Waals surface area contributed by atoms with E-state index in [0.29, 0.717) is 18.1 Å². The van der Waals surface area contributed by atoms with E-state index in [1.807, 2.05) is 26.8 Å². The lowest BCUT2D eigenvalue weighted by molar-refractivity contribution is 0.0240. The van der Waals surface area contributed by atoms with Gasteiger partial charge in [0.05, 0.1) is 23.8 Å². The average Bonchev–Trinajstić information content (AvgIpc) is 2.70. The molecular formula is C14H21ClN2O3. The lowest BCUT2D eigenvalue weighted by Crippen LogP contribution is -2.33. The van der Waals surface area contributed by atoms with Gasteiger partial charge in [0.1, 0.15) is 5.60 Å². The van der Waals surface area contributed by atoms with E-state index in [2.05, 4.69) is 9.72 Å². The summed E-state index contributed by atoms with van der Waals surface area (Å²) in [7, 11) is 3.25. The molecule has 0 saturated heterocycles. The number of carbonyl (C=O) groups excluding carboxylic acids is 1. The molecular weight excluding hydrogens is 280 g/mol. The van der Waals surface area contributed by atoms with E-state index < -0.39 is 5.60 Å². The molecule has 0 aromatic carbocycles. The van der Waals surface area contributed by atoms with Gasteiger partial charge in [0.25, 0.3) is 0 Å². The fraction of sp³-hybridized carbons (Fsp3) is 0.571. The first-order valence-corrected chi connectivity index (χ1v) is 6.66. The first-order valence-electron chi connectivity index (χ1n) is 6.28. The normalized spacial score (nSPS) is 13.4. The summed E-state index contributed by atoms with van der Waals surface area (Å²) in [6.07, 6.45) is 1.28. The van der Waals surface area contributed by atoms with Crippen LogP contribution in [0.4, 0.5) is 4.79 Å². The van der Waals surface area contributed by atoms with Crippen molar-refractivity contribution in [3.05, 3.63) is 28.5 Å². The smallest absolute Gasteiger partial charge is 0.410 e. The maximum absolute atomic E-state index is 11.9. The van der Waals surface area contributed by atoms with E-state index in [-0.39, 0.29) is 6.09 Å². The molecule has 5 nitrogen and oxygen atoms in total. The number of halogens is 1. The molecule has 0 bridgehead atoms. The Labute approximate surface area is 124 Å². The number of ether oxygens (including phenoxy) is 2. The fourth-order valence-corrected chi connectivity index (χ4v) is 1.87. The molecule has 1 aliphatic heterocycles. The summed E-state index contributed by atoms with van der Waals surface area (Å²) in [6.45, 7) is 6.55. The second kappa shape index (κ2) is 6.90. The Morgan fingerprint density at radius 1 is 1.35 bits per heavy atom. The molecule has 0 atom stereocenters. The summed E-state index contributed by atoms with van der Waals surface area (Å²) < 4.78 is 9.56. The third kappa shape index (κ3) is 4.98. The lowest BCUT2D eigenvalue weighted by Gasteiger charge is -2.23. The minimum absolute atomic E-state index is 0.313. The van der Waals surface area contributed by atoms with Gasteiger partial charge in [0.2, 0.25) is 0 Å². The Morgan fingerprint density at radius 3 is 2.50 bits per heavy atom. The van der Waals surface area contributed by atoms with E-state index >= 15 is 0 Å². The second-order valence-electron chi connectivity index (χ2n) is 5.50. The molecule has 0 saturated carbocycles. The highest BCUT2D eigenvalue weighted by molar-refractivity contribution is 6.30. The van der Waals surface area contributed by atoms with Crippen LogP contribution in [0.25, 0.3) is 0 Å². The number of fused-ring (bicyclic) bond motifs is 1. The van der Waals surface area contributed by atoms with Crippen LogP contribution in [0, 0.1) is 0 Å². The van der Waals surface area contributed by atoms with Gasteiger partial charge in [-0.3, -0.25) is 9.88 Å². The molecule has 0 radical (unpaired) electrons. The number of rotatable bonds is 0. The highest BCUT2D eigenvalue weighted by Crippen LogP contribution is 2.25. The molecule has 112 valence electrons. The Morgan fingerprint density at radius 2 is 1.95 bits per heavy atom. The number of hydrogen-bond acceptors (Lipinski definition) is 4. The molecule has 0 aliphatic carbocycles. The Kier molecular flexibility index (Phi) is 5.77. The summed E-state index contributed by atoms with van der Waals surface area (Å²) >= 11 is 5.86. The van der Waals surface area contributed by atoms with E-state index in [0.717, 1.165) is 11.3 Å². The Balaban J connectivity index is 0.000000612. The van der Waals surface area contributed by atoms with Crippen molar-refractivity contribution in [2.75, 3.05) is 14.2 Å². The van der Waals surface area contributed by atoms with Crippen LogP contribution >= 0.6 is 11.6 Å². The molecule has 2 heterocycles. The first kappa shape index (κ1) is 16.7. The predicted molar refractivity (Wildman–Crippen MR) is 77.7 cm³/mol. The van der Waals surface area contributed by atoms with Crippen molar-refractivity contribution in [1.82, 2.24) is 9.88 Å². The zero-order valence-corrected chi connectivity index (χ0v) is 13.3. The summed E-state index contributed by atoms with van der Waals surface area (Å²) in [5.74, 6) is 0. The number of methoxy groups -OCH3 is 1. The van der Waals surface area contributed by atoms with Crippen molar-refractivity contribution in [2.24, 2.45) is 0 Å². The summed E-state index contributed by atoms with van der Waals surface area (Å²) in [6, 6.07) is 1.84. The van der Waals surface area contributed by atoms with Crippen LogP contribution in [0.3, 0.4) is 0 Å². The summed E-state index contributed by atoms with van der Waals surface area (Å²) in [4.78, 5) is 17.7. The molecule has 1 aliphatic rings. The molecule has 0 fully saturated rings. The molecule has 2 rings (SSSR count). The summed E-state index contributed by atoms with van der Waals surface area (Å²) in [5, 5.41) is 0.592. The van der Waals surface area contributed by atoms with Gasteiger partial charge in [-0.05, 0) is 32.4 Å². The van der Waals surface area contributed by atoms with Crippen LogP contribution in [0.2, 0.25) is 5.02 Å². The maximum Gasteiger partial charge on any atom is 0.410 e. The highest BCUT2D eigenvalue weighted by Gasteiger charge is 2.28. The molecule has 1 aromatic rings. The molecule has 20 heavy (non-hydrogen) atoms. The topological polar surface area (TPSA) is 51.7 Å². The molecule has 0 N–H and O–H groups in total. The first-order chi connectivity index (χ1) is 9.26. The van der Waals surface area contributed by atoms with Crippen LogP contribution in [-0.2, 0) is 22.6 Å². The Hall–Kier alpha value is -1.33. The third-order valence-corrected chi connectivity index (χ3v) is 2.59. The van der Waals surface area contributed by atoms with Crippen LogP contribution in [0.1, 0.15) is 32.0 Å². The van der Waals surface area contributed by atoms with Crippen LogP contribution in [0.15, 0.2) is 12.3 Å². The number of hydrogen-bond donors (Lipinski definition) is 0. The number of nitrogens with zero attached hydrogens (tertiary/aromatic N) is 2. The minimum Gasteiger partial charge on any atom is -0.444 e. The van der Waals surface area contributed by atoms with Crippen molar-refractivity contribution in [2.45, 2.75) is 39.5 Å². The zero-order chi connectivity index (χ0) is 15.3. The molecule has 1 amide bonds.